The largest absolute Gasteiger partial charge is 0.493 e. The maximum atomic E-state index is 12.9. The number of methoxy groups -OCH3 is 1. The number of rotatable bonds is 2. The molecule has 1 aromatic heterocycles. The number of ether oxygens (including phenoxy) is 1. The molecule has 22 heavy (non-hydrogen) atoms. The van der Waals surface area contributed by atoms with E-state index in [-0.39, 0.29) is 18.0 Å². The molecule has 114 valence electrons. The maximum absolute atomic E-state index is 12.9. The number of nitrogens with zero attached hydrogens (tertiary/aromatic N) is 1. The minimum absolute atomic E-state index is 0.00162. The van der Waals surface area contributed by atoms with Gasteiger partial charge < -0.3 is 14.1 Å². The van der Waals surface area contributed by atoms with Crippen molar-refractivity contribution in [3.8, 4) is 5.75 Å². The quantitative estimate of drug-likeness (QED) is 0.793. The Bertz CT molecular complexity index is 745. The number of carbonyl (C=O) groups is 1. The first-order valence-electron chi connectivity index (χ1n) is 7.73. The summed E-state index contributed by atoms with van der Waals surface area (Å²) in [6.07, 6.45) is 3.98. The summed E-state index contributed by atoms with van der Waals surface area (Å²) in [7, 11) is 1.61. The summed E-state index contributed by atoms with van der Waals surface area (Å²) >= 11 is 0. The van der Waals surface area contributed by atoms with Gasteiger partial charge in [0.05, 0.1) is 7.11 Å². The highest BCUT2D eigenvalue weighted by molar-refractivity contribution is 5.97. The Balaban J connectivity index is 1.70. The van der Waals surface area contributed by atoms with Crippen LogP contribution in [0.1, 0.15) is 36.2 Å². The molecule has 4 rings (SSSR count). The SMILES string of the molecule is C=C1CC2CCC(C1)N2C(=O)c1cc2cccc(OC)c2o1. The van der Waals surface area contributed by atoms with Gasteiger partial charge in [-0.3, -0.25) is 4.79 Å². The van der Waals surface area contributed by atoms with Crippen LogP contribution in [0.15, 0.2) is 40.8 Å². The van der Waals surface area contributed by atoms with Crippen LogP contribution in [0.3, 0.4) is 0 Å². The van der Waals surface area contributed by atoms with Gasteiger partial charge in [-0.15, -0.1) is 0 Å². The van der Waals surface area contributed by atoms with Crippen LogP contribution >= 0.6 is 0 Å². The van der Waals surface area contributed by atoms with Crippen molar-refractivity contribution >= 4 is 16.9 Å². The molecule has 0 saturated carbocycles. The summed E-state index contributed by atoms with van der Waals surface area (Å²) in [5.74, 6) is 1.06. The molecule has 0 aliphatic carbocycles. The van der Waals surface area contributed by atoms with Gasteiger partial charge in [-0.05, 0) is 37.8 Å². The fraction of sp³-hybridized carbons (Fsp3) is 0.389. The van der Waals surface area contributed by atoms with Crippen molar-refractivity contribution in [3.63, 3.8) is 0 Å². The third-order valence-corrected chi connectivity index (χ3v) is 4.84. The van der Waals surface area contributed by atoms with Crippen LogP contribution in [-0.4, -0.2) is 30.0 Å². The molecule has 2 fully saturated rings. The van der Waals surface area contributed by atoms with Crippen LogP contribution in [0.2, 0.25) is 0 Å². The van der Waals surface area contributed by atoms with Gasteiger partial charge in [0.25, 0.3) is 5.91 Å². The van der Waals surface area contributed by atoms with E-state index in [1.807, 2.05) is 29.2 Å². The molecule has 2 bridgehead atoms. The van der Waals surface area contributed by atoms with Gasteiger partial charge in [0.2, 0.25) is 0 Å². The summed E-state index contributed by atoms with van der Waals surface area (Å²) in [5.41, 5.74) is 1.91. The third-order valence-electron chi connectivity index (χ3n) is 4.84. The van der Waals surface area contributed by atoms with Crippen LogP contribution in [0, 0.1) is 0 Å². The summed E-state index contributed by atoms with van der Waals surface area (Å²) in [6, 6.07) is 8.07. The minimum atomic E-state index is -0.00162. The molecule has 2 saturated heterocycles. The first-order valence-corrected chi connectivity index (χ1v) is 7.73. The Labute approximate surface area is 129 Å². The molecule has 0 radical (unpaired) electrons. The molecule has 0 spiro atoms. The second kappa shape index (κ2) is 4.90. The van der Waals surface area contributed by atoms with Crippen LogP contribution in [0.4, 0.5) is 0 Å². The lowest BCUT2D eigenvalue weighted by molar-refractivity contribution is 0.0604. The number of hydrogen-bond donors (Lipinski definition) is 0. The Morgan fingerprint density at radius 2 is 2.05 bits per heavy atom. The Kier molecular flexibility index (Phi) is 2.99. The summed E-state index contributed by atoms with van der Waals surface area (Å²) < 4.78 is 11.1. The molecular weight excluding hydrogens is 278 g/mol. The lowest BCUT2D eigenvalue weighted by atomic mass is 9.98. The van der Waals surface area contributed by atoms with E-state index >= 15 is 0 Å². The number of benzene rings is 1. The number of amides is 1. The Morgan fingerprint density at radius 1 is 1.32 bits per heavy atom. The molecule has 2 unspecified atom stereocenters. The molecule has 1 amide bonds. The van der Waals surface area contributed by atoms with Crippen molar-refractivity contribution in [1.82, 2.24) is 4.90 Å². The van der Waals surface area contributed by atoms with Crippen molar-refractivity contribution in [1.29, 1.82) is 0 Å². The maximum Gasteiger partial charge on any atom is 0.290 e. The lowest BCUT2D eigenvalue weighted by Gasteiger charge is -2.35. The van der Waals surface area contributed by atoms with E-state index in [4.69, 9.17) is 9.15 Å². The number of hydrogen-bond acceptors (Lipinski definition) is 3. The highest BCUT2D eigenvalue weighted by Gasteiger charge is 2.41. The van der Waals surface area contributed by atoms with Crippen molar-refractivity contribution in [3.05, 3.63) is 42.2 Å². The van der Waals surface area contributed by atoms with E-state index in [1.54, 1.807) is 7.11 Å². The predicted molar refractivity (Wildman–Crippen MR) is 84.1 cm³/mol. The summed E-state index contributed by atoms with van der Waals surface area (Å²) in [6.45, 7) is 4.10. The molecule has 4 nitrogen and oxygen atoms in total. The molecule has 2 aliphatic heterocycles. The van der Waals surface area contributed by atoms with E-state index < -0.39 is 0 Å². The predicted octanol–water partition coefficient (Wildman–Crippen LogP) is 3.76. The second-order valence-electron chi connectivity index (χ2n) is 6.24. The number of carbonyl (C=O) groups excluding carboxylic acids is 1. The molecule has 3 heterocycles. The smallest absolute Gasteiger partial charge is 0.290 e. The average Bonchev–Trinajstić information content (AvgIpc) is 3.06. The highest BCUT2D eigenvalue weighted by Crippen LogP contribution is 2.39. The van der Waals surface area contributed by atoms with E-state index in [0.717, 1.165) is 31.1 Å². The second-order valence-corrected chi connectivity index (χ2v) is 6.24. The van der Waals surface area contributed by atoms with Crippen molar-refractivity contribution in [2.24, 2.45) is 0 Å². The number of fused-ring (bicyclic) bond motifs is 3. The zero-order chi connectivity index (χ0) is 15.3. The fourth-order valence-corrected chi connectivity index (χ4v) is 3.87. The molecule has 1 aromatic carbocycles. The Morgan fingerprint density at radius 3 is 2.73 bits per heavy atom. The van der Waals surface area contributed by atoms with Gasteiger partial charge in [0.15, 0.2) is 17.1 Å². The van der Waals surface area contributed by atoms with E-state index in [9.17, 15) is 4.79 Å². The van der Waals surface area contributed by atoms with Gasteiger partial charge >= 0.3 is 0 Å². The van der Waals surface area contributed by atoms with Gasteiger partial charge in [0, 0.05) is 17.5 Å². The van der Waals surface area contributed by atoms with Crippen molar-refractivity contribution in [2.75, 3.05) is 7.11 Å². The van der Waals surface area contributed by atoms with Crippen molar-refractivity contribution in [2.45, 2.75) is 37.8 Å². The molecule has 0 N–H and O–H groups in total. The molecule has 4 heteroatoms. The fourth-order valence-electron chi connectivity index (χ4n) is 3.87. The van der Waals surface area contributed by atoms with Gasteiger partial charge in [0.1, 0.15) is 0 Å². The standard InChI is InChI=1S/C18H19NO3/c1-11-8-13-6-7-14(9-11)19(13)18(20)16-10-12-4-3-5-15(21-2)17(12)22-16/h3-5,10,13-14H,1,6-9H2,2H3. The molecular formula is C18H19NO3. The zero-order valence-electron chi connectivity index (χ0n) is 12.7. The monoisotopic (exact) mass is 297 g/mol. The zero-order valence-corrected chi connectivity index (χ0v) is 12.7. The van der Waals surface area contributed by atoms with Gasteiger partial charge in [-0.25, -0.2) is 0 Å². The Hall–Kier alpha value is -2.23. The number of furan rings is 1. The summed E-state index contributed by atoms with van der Waals surface area (Å²) in [4.78, 5) is 14.9. The van der Waals surface area contributed by atoms with E-state index in [0.29, 0.717) is 17.1 Å². The van der Waals surface area contributed by atoms with Crippen molar-refractivity contribution < 1.29 is 13.9 Å². The minimum Gasteiger partial charge on any atom is -0.493 e. The van der Waals surface area contributed by atoms with E-state index in [1.165, 1.54) is 5.57 Å². The normalized spacial score (nSPS) is 24.0. The lowest BCUT2D eigenvalue weighted by Crippen LogP contribution is -2.44. The average molecular weight is 297 g/mol. The third kappa shape index (κ3) is 1.94. The first-order chi connectivity index (χ1) is 10.7. The molecule has 2 atom stereocenters. The molecule has 2 aromatic rings. The van der Waals surface area contributed by atoms with Gasteiger partial charge in [-0.1, -0.05) is 24.3 Å². The van der Waals surface area contributed by atoms with Crippen LogP contribution in [-0.2, 0) is 0 Å². The number of para-hydroxylation sites is 1. The van der Waals surface area contributed by atoms with Crippen LogP contribution < -0.4 is 4.74 Å². The topological polar surface area (TPSA) is 42.7 Å². The van der Waals surface area contributed by atoms with Gasteiger partial charge in [-0.2, -0.15) is 0 Å². The number of piperidine rings is 1. The first kappa shape index (κ1) is 13.4. The molecule has 2 aliphatic rings. The van der Waals surface area contributed by atoms with E-state index in [2.05, 4.69) is 6.58 Å². The van der Waals surface area contributed by atoms with Crippen LogP contribution in [0.5, 0.6) is 5.75 Å². The van der Waals surface area contributed by atoms with Crippen LogP contribution in [0.25, 0.3) is 11.0 Å². The summed E-state index contributed by atoms with van der Waals surface area (Å²) in [5, 5.41) is 0.900. The highest BCUT2D eigenvalue weighted by atomic mass is 16.5.